The summed E-state index contributed by atoms with van der Waals surface area (Å²) in [7, 11) is -3.67. The molecule has 0 atom stereocenters. The van der Waals surface area contributed by atoms with E-state index in [9.17, 15) is 18.0 Å². The Morgan fingerprint density at radius 1 is 0.719 bits per heavy atom. The van der Waals surface area contributed by atoms with Gasteiger partial charge in [0.2, 0.25) is 21.5 Å². The number of nitrogens with zero attached hydrogens (tertiary/aromatic N) is 3. The molecule has 0 aliphatic carbocycles. The topological polar surface area (TPSA) is 154 Å². The van der Waals surface area contributed by atoms with Crippen molar-refractivity contribution < 1.29 is 41.8 Å². The lowest BCUT2D eigenvalue weighted by atomic mass is 10.1. The highest BCUT2D eigenvalue weighted by Gasteiger charge is 2.31. The van der Waals surface area contributed by atoms with Crippen LogP contribution in [-0.2, 0) is 21.4 Å². The van der Waals surface area contributed by atoms with Gasteiger partial charge in [-0.15, -0.1) is 0 Å². The number of anilines is 2. The fourth-order valence-electron chi connectivity index (χ4n) is 6.90. The van der Waals surface area contributed by atoms with E-state index in [1.54, 1.807) is 30.3 Å². The van der Waals surface area contributed by atoms with Crippen LogP contribution in [0.2, 0.25) is 10.0 Å². The Kier molecular flexibility index (Phi) is 12.5. The van der Waals surface area contributed by atoms with E-state index in [2.05, 4.69) is 41.7 Å². The average Bonchev–Trinajstić information content (AvgIpc) is 3.85. The van der Waals surface area contributed by atoms with Crippen molar-refractivity contribution in [2.45, 2.75) is 30.4 Å². The molecule has 2 saturated heterocycles. The number of benzene rings is 4. The molecule has 0 spiro atoms. The molecule has 298 valence electrons. The summed E-state index contributed by atoms with van der Waals surface area (Å²) in [4.78, 5) is 26.7. The minimum atomic E-state index is -3.67. The standard InChI is InChI=1S/C21H19BrClNO4.C19H16BrClN2O5S/c22-20-16-11-19(21(25)26)28-18(16)5-4-17(20)24-8-6-15(7-9-24)27-12-13-2-1-3-14(23)10-13;20-18-12-11-16(19(24)25)28-15(12)6-5-14(18)22-7-9-23(10-8-22)29(26,27)17-4-2-1-3-13(17)21/h1-5,10-11,15H,6-9,12H2,(H,25,26);1-6,11H,7-10H2,(H,24,25). The van der Waals surface area contributed by atoms with Crippen molar-refractivity contribution in [3.8, 4) is 0 Å². The molecule has 0 radical (unpaired) electrons. The maximum absolute atomic E-state index is 12.9. The predicted octanol–water partition coefficient (Wildman–Crippen LogP) is 9.79. The number of piperazine rings is 1. The zero-order chi connectivity index (χ0) is 40.4. The van der Waals surface area contributed by atoms with Crippen LogP contribution in [0.15, 0.2) is 108 Å². The van der Waals surface area contributed by atoms with Crippen molar-refractivity contribution >= 4 is 110 Å². The van der Waals surface area contributed by atoms with Gasteiger partial charge in [-0.3, -0.25) is 0 Å². The third kappa shape index (κ3) is 8.99. The van der Waals surface area contributed by atoms with Crippen molar-refractivity contribution in [2.24, 2.45) is 0 Å². The van der Waals surface area contributed by atoms with Crippen molar-refractivity contribution in [2.75, 3.05) is 49.1 Å². The van der Waals surface area contributed by atoms with Crippen LogP contribution in [0.4, 0.5) is 11.4 Å². The van der Waals surface area contributed by atoms with E-state index in [0.29, 0.717) is 53.8 Å². The number of aromatic carboxylic acids is 2. The number of sulfonamides is 1. The predicted molar refractivity (Wildman–Crippen MR) is 226 cm³/mol. The molecule has 4 aromatic carbocycles. The normalized spacial score (nSPS) is 15.5. The van der Waals surface area contributed by atoms with E-state index >= 15 is 0 Å². The fourth-order valence-corrected chi connectivity index (χ4v) is 10.4. The molecule has 4 heterocycles. The molecule has 2 aromatic heterocycles. The monoisotopic (exact) mass is 961 g/mol. The summed E-state index contributed by atoms with van der Waals surface area (Å²) < 4.78 is 45.6. The van der Waals surface area contributed by atoms with E-state index in [1.807, 2.05) is 42.5 Å². The maximum Gasteiger partial charge on any atom is 0.371 e. The van der Waals surface area contributed by atoms with Gasteiger partial charge in [0.05, 0.1) is 38.1 Å². The number of hydrogen-bond donors (Lipinski definition) is 2. The first kappa shape index (κ1) is 41.1. The van der Waals surface area contributed by atoms with Crippen LogP contribution in [0.5, 0.6) is 0 Å². The minimum Gasteiger partial charge on any atom is -0.475 e. The van der Waals surface area contributed by atoms with Crippen LogP contribution in [0.1, 0.15) is 39.5 Å². The summed E-state index contributed by atoms with van der Waals surface area (Å²) in [6.07, 6.45) is 2.07. The Hall–Kier alpha value is -4.09. The molecule has 17 heteroatoms. The highest BCUT2D eigenvalue weighted by atomic mass is 79.9. The molecule has 0 bridgehead atoms. The lowest BCUT2D eigenvalue weighted by molar-refractivity contribution is 0.0251. The van der Waals surface area contributed by atoms with Crippen LogP contribution >= 0.6 is 55.1 Å². The van der Waals surface area contributed by atoms with Crippen LogP contribution < -0.4 is 9.80 Å². The third-order valence-corrected chi connectivity index (χ3v) is 14.1. The van der Waals surface area contributed by atoms with Crippen molar-refractivity contribution in [1.29, 1.82) is 0 Å². The first-order valence-electron chi connectivity index (χ1n) is 17.8. The average molecular weight is 965 g/mol. The first-order valence-corrected chi connectivity index (χ1v) is 21.6. The van der Waals surface area contributed by atoms with E-state index in [0.717, 1.165) is 57.8 Å². The van der Waals surface area contributed by atoms with Gasteiger partial charge in [0.25, 0.3) is 0 Å². The summed E-state index contributed by atoms with van der Waals surface area (Å²) in [5.74, 6) is -2.38. The van der Waals surface area contributed by atoms with E-state index in [1.165, 1.54) is 16.4 Å². The molecule has 2 aliphatic rings. The number of carbonyl (C=O) groups is 2. The first-order chi connectivity index (χ1) is 27.3. The van der Waals surface area contributed by atoms with Gasteiger partial charge in [0.15, 0.2) is 0 Å². The number of hydrogen-bond acceptors (Lipinski definition) is 9. The van der Waals surface area contributed by atoms with Gasteiger partial charge in [0.1, 0.15) is 16.1 Å². The lowest BCUT2D eigenvalue weighted by Gasteiger charge is -2.36. The van der Waals surface area contributed by atoms with Gasteiger partial charge in [-0.2, -0.15) is 4.31 Å². The second-order valence-corrected chi connectivity index (χ2v) is 17.7. The summed E-state index contributed by atoms with van der Waals surface area (Å²) in [5.41, 5.74) is 4.01. The number of carboxylic acids is 2. The number of rotatable bonds is 9. The van der Waals surface area contributed by atoms with Gasteiger partial charge >= 0.3 is 11.9 Å². The SMILES string of the molecule is O=C(O)c1cc2c(Br)c(N3CCC(OCc4cccc(Cl)c4)CC3)ccc2o1.O=C(O)c1cc2c(Br)c(N3CCN(S(=O)(=O)c4ccccc4Cl)CC3)ccc2o1. The molecule has 2 aliphatic heterocycles. The van der Waals surface area contributed by atoms with E-state index in [-0.39, 0.29) is 27.5 Å². The third-order valence-electron chi connectivity index (χ3n) is 9.84. The van der Waals surface area contributed by atoms with Gasteiger partial charge in [0, 0.05) is 67.2 Å². The minimum absolute atomic E-state index is 0.0547. The van der Waals surface area contributed by atoms with Crippen LogP contribution in [0.3, 0.4) is 0 Å². The van der Waals surface area contributed by atoms with Crippen LogP contribution in [-0.4, -0.2) is 80.2 Å². The number of fused-ring (bicyclic) bond motifs is 2. The number of carboxylic acid groups (broad SMARTS) is 2. The van der Waals surface area contributed by atoms with Crippen molar-refractivity contribution in [1.82, 2.24) is 4.31 Å². The zero-order valence-electron chi connectivity index (χ0n) is 30.0. The summed E-state index contributed by atoms with van der Waals surface area (Å²) >= 11 is 19.3. The van der Waals surface area contributed by atoms with Gasteiger partial charge in [-0.25, -0.2) is 18.0 Å². The van der Waals surface area contributed by atoms with Crippen LogP contribution in [0.25, 0.3) is 21.9 Å². The summed E-state index contributed by atoms with van der Waals surface area (Å²) in [5, 5.41) is 20.6. The fraction of sp³-hybridized carbons (Fsp3) is 0.250. The van der Waals surface area contributed by atoms with Crippen molar-refractivity contribution in [3.05, 3.63) is 121 Å². The Balaban J connectivity index is 0.000000174. The molecule has 0 unspecified atom stereocenters. The number of halogens is 4. The highest BCUT2D eigenvalue weighted by Crippen LogP contribution is 2.38. The molecular formula is C40H35Br2Cl2N3O9S. The van der Waals surface area contributed by atoms with Gasteiger partial charge in [-0.1, -0.05) is 47.5 Å². The number of furan rings is 2. The quantitative estimate of drug-likeness (QED) is 0.142. The molecule has 2 fully saturated rings. The lowest BCUT2D eigenvalue weighted by Crippen LogP contribution is -2.48. The molecule has 6 aromatic rings. The Morgan fingerprint density at radius 2 is 1.26 bits per heavy atom. The molecule has 0 saturated carbocycles. The molecule has 8 rings (SSSR count). The molecule has 57 heavy (non-hydrogen) atoms. The summed E-state index contributed by atoms with van der Waals surface area (Å²) in [6, 6.07) is 24.5. The largest absolute Gasteiger partial charge is 0.475 e. The molecule has 2 N–H and O–H groups in total. The smallest absolute Gasteiger partial charge is 0.371 e. The highest BCUT2D eigenvalue weighted by molar-refractivity contribution is 9.11. The maximum atomic E-state index is 12.9. The van der Waals surface area contributed by atoms with E-state index in [4.69, 9.17) is 47.0 Å². The summed E-state index contributed by atoms with van der Waals surface area (Å²) in [6.45, 7) is 3.89. The zero-order valence-corrected chi connectivity index (χ0v) is 35.5. The molecule has 0 amide bonds. The van der Waals surface area contributed by atoms with Crippen molar-refractivity contribution in [3.63, 3.8) is 0 Å². The van der Waals surface area contributed by atoms with Gasteiger partial charge < -0.3 is 33.6 Å². The number of ether oxygens (including phenoxy) is 1. The number of piperidine rings is 1. The second-order valence-electron chi connectivity index (χ2n) is 13.4. The van der Waals surface area contributed by atoms with Crippen LogP contribution in [0, 0.1) is 0 Å². The molecule has 12 nitrogen and oxygen atoms in total. The molecular weight excluding hydrogens is 929 g/mol. The Bertz CT molecular complexity index is 2570. The Labute approximate surface area is 354 Å². The van der Waals surface area contributed by atoms with E-state index < -0.39 is 22.0 Å². The van der Waals surface area contributed by atoms with Gasteiger partial charge in [-0.05, 0) is 98.8 Å². The second kappa shape index (κ2) is 17.4. The Morgan fingerprint density at radius 3 is 1.79 bits per heavy atom.